The number of ether oxygens (including phenoxy) is 2. The first kappa shape index (κ1) is 14.2. The fourth-order valence-electron chi connectivity index (χ4n) is 1.42. The Morgan fingerprint density at radius 1 is 1.06 bits per heavy atom. The van der Waals surface area contributed by atoms with Crippen molar-refractivity contribution in [3.8, 4) is 0 Å². The number of rotatable bonds is 8. The van der Waals surface area contributed by atoms with E-state index in [4.69, 9.17) is 14.6 Å². The molecule has 0 aliphatic carbocycles. The molecule has 0 fully saturated rings. The quantitative estimate of drug-likeness (QED) is 0.753. The van der Waals surface area contributed by atoms with Crippen LogP contribution in [0.4, 0.5) is 0 Å². The van der Waals surface area contributed by atoms with Gasteiger partial charge in [0.25, 0.3) is 0 Å². The Bertz CT molecular complexity index is 287. The highest BCUT2D eigenvalue weighted by Crippen LogP contribution is 2.02. The maximum absolute atomic E-state index is 8.81. The first-order valence-electron chi connectivity index (χ1n) is 6.10. The van der Waals surface area contributed by atoms with Crippen LogP contribution < -0.4 is 0 Å². The number of hydrogen-bond donors (Lipinski definition) is 1. The lowest BCUT2D eigenvalue weighted by Gasteiger charge is -2.16. The van der Waals surface area contributed by atoms with E-state index in [-0.39, 0.29) is 18.8 Å². The molecule has 0 amide bonds. The van der Waals surface area contributed by atoms with Crippen LogP contribution >= 0.6 is 0 Å². The zero-order valence-electron chi connectivity index (χ0n) is 10.6. The van der Waals surface area contributed by atoms with Gasteiger partial charge in [-0.05, 0) is 25.8 Å². The van der Waals surface area contributed by atoms with Gasteiger partial charge in [0, 0.05) is 0 Å². The Morgan fingerprint density at radius 2 is 1.76 bits per heavy atom. The van der Waals surface area contributed by atoms with Crippen molar-refractivity contribution >= 4 is 0 Å². The Morgan fingerprint density at radius 3 is 2.41 bits per heavy atom. The third kappa shape index (κ3) is 6.41. The molecule has 0 spiro atoms. The zero-order valence-corrected chi connectivity index (χ0v) is 10.6. The Labute approximate surface area is 103 Å². The second kappa shape index (κ2) is 8.23. The molecular formula is C14H22O3. The van der Waals surface area contributed by atoms with E-state index >= 15 is 0 Å². The molecule has 0 aliphatic rings. The van der Waals surface area contributed by atoms with E-state index in [9.17, 15) is 0 Å². The molecule has 96 valence electrons. The molecule has 0 aromatic heterocycles. The van der Waals surface area contributed by atoms with Crippen LogP contribution in [0.3, 0.4) is 0 Å². The summed E-state index contributed by atoms with van der Waals surface area (Å²) in [5.41, 5.74) is 1.28. The smallest absolute Gasteiger partial charge is 0.0780 e. The Kier molecular flexibility index (Phi) is 6.86. The summed E-state index contributed by atoms with van der Waals surface area (Å²) in [6.07, 6.45) is 0.865. The molecule has 0 heterocycles. The maximum atomic E-state index is 8.81. The van der Waals surface area contributed by atoms with Crippen molar-refractivity contribution in [2.24, 2.45) is 0 Å². The Balaban J connectivity index is 2.10. The predicted molar refractivity (Wildman–Crippen MR) is 68.1 cm³/mol. The second-order valence-corrected chi connectivity index (χ2v) is 4.24. The summed E-state index contributed by atoms with van der Waals surface area (Å²) in [6, 6.07) is 10.3. The molecule has 17 heavy (non-hydrogen) atoms. The molecule has 0 aliphatic heterocycles. The second-order valence-electron chi connectivity index (χ2n) is 4.24. The van der Waals surface area contributed by atoms with Gasteiger partial charge in [0.2, 0.25) is 0 Å². The van der Waals surface area contributed by atoms with E-state index < -0.39 is 0 Å². The van der Waals surface area contributed by atoms with Crippen molar-refractivity contribution in [3.05, 3.63) is 35.9 Å². The Hall–Kier alpha value is -0.900. The molecule has 0 bridgehead atoms. The van der Waals surface area contributed by atoms with Gasteiger partial charge < -0.3 is 14.6 Å². The van der Waals surface area contributed by atoms with Crippen molar-refractivity contribution in [1.82, 2.24) is 0 Å². The molecule has 2 atom stereocenters. The molecule has 1 aromatic rings. The summed E-state index contributed by atoms with van der Waals surface area (Å²) in [5.74, 6) is 0. The lowest BCUT2D eigenvalue weighted by atomic mass is 10.2. The van der Waals surface area contributed by atoms with Crippen molar-refractivity contribution in [2.75, 3.05) is 19.8 Å². The topological polar surface area (TPSA) is 38.7 Å². The van der Waals surface area contributed by atoms with E-state index in [1.807, 2.05) is 32.0 Å². The van der Waals surface area contributed by atoms with Crippen LogP contribution in [0.25, 0.3) is 0 Å². The molecule has 1 aromatic carbocycles. The van der Waals surface area contributed by atoms with E-state index in [1.165, 1.54) is 5.56 Å². The van der Waals surface area contributed by atoms with Gasteiger partial charge in [-0.25, -0.2) is 0 Å². The highest BCUT2D eigenvalue weighted by atomic mass is 16.5. The summed E-state index contributed by atoms with van der Waals surface area (Å²) < 4.78 is 11.0. The van der Waals surface area contributed by atoms with Crippen LogP contribution in [-0.2, 0) is 15.9 Å². The van der Waals surface area contributed by atoms with Crippen molar-refractivity contribution in [2.45, 2.75) is 32.5 Å². The summed E-state index contributed by atoms with van der Waals surface area (Å²) in [6.45, 7) is 5.10. The van der Waals surface area contributed by atoms with Crippen LogP contribution in [0.2, 0.25) is 0 Å². The molecular weight excluding hydrogens is 216 g/mol. The van der Waals surface area contributed by atoms with Gasteiger partial charge in [-0.2, -0.15) is 0 Å². The molecule has 0 saturated heterocycles. The lowest BCUT2D eigenvalue weighted by molar-refractivity contribution is -0.0446. The largest absolute Gasteiger partial charge is 0.394 e. The molecule has 0 saturated carbocycles. The van der Waals surface area contributed by atoms with Gasteiger partial charge in [-0.3, -0.25) is 0 Å². The summed E-state index contributed by atoms with van der Waals surface area (Å²) in [5, 5.41) is 8.81. The highest BCUT2D eigenvalue weighted by Gasteiger charge is 2.05. The predicted octanol–water partition coefficient (Wildman–Crippen LogP) is 2.03. The molecule has 1 rings (SSSR count). The van der Waals surface area contributed by atoms with Gasteiger partial charge in [0.1, 0.15) is 0 Å². The standard InChI is InChI=1S/C14H22O3/c1-12(10-15)17-11-13(2)16-9-8-14-6-4-3-5-7-14/h3-7,12-13,15H,8-11H2,1-2H3. The fraction of sp³-hybridized carbons (Fsp3) is 0.571. The van der Waals surface area contributed by atoms with E-state index in [1.54, 1.807) is 0 Å². The third-order valence-corrected chi connectivity index (χ3v) is 2.51. The van der Waals surface area contributed by atoms with E-state index in [2.05, 4.69) is 12.1 Å². The van der Waals surface area contributed by atoms with E-state index in [0.717, 1.165) is 6.42 Å². The number of aliphatic hydroxyl groups is 1. The van der Waals surface area contributed by atoms with Crippen LogP contribution in [0.5, 0.6) is 0 Å². The highest BCUT2D eigenvalue weighted by molar-refractivity contribution is 5.14. The average molecular weight is 238 g/mol. The normalized spacial score (nSPS) is 14.5. The molecule has 2 unspecified atom stereocenters. The molecule has 0 radical (unpaired) electrons. The average Bonchev–Trinajstić information content (AvgIpc) is 2.37. The summed E-state index contributed by atoms with van der Waals surface area (Å²) >= 11 is 0. The summed E-state index contributed by atoms with van der Waals surface area (Å²) in [4.78, 5) is 0. The van der Waals surface area contributed by atoms with Crippen molar-refractivity contribution in [1.29, 1.82) is 0 Å². The fourth-order valence-corrected chi connectivity index (χ4v) is 1.42. The van der Waals surface area contributed by atoms with Crippen molar-refractivity contribution < 1.29 is 14.6 Å². The monoisotopic (exact) mass is 238 g/mol. The molecule has 3 heteroatoms. The SMILES string of the molecule is CC(CO)OCC(C)OCCc1ccccc1. The van der Waals surface area contributed by atoms with E-state index in [0.29, 0.717) is 13.2 Å². The number of benzene rings is 1. The number of aliphatic hydroxyl groups excluding tert-OH is 1. The first-order chi connectivity index (χ1) is 8.22. The first-order valence-corrected chi connectivity index (χ1v) is 6.10. The summed E-state index contributed by atoms with van der Waals surface area (Å²) in [7, 11) is 0. The van der Waals surface area contributed by atoms with Gasteiger partial charge in [-0.1, -0.05) is 30.3 Å². The number of hydrogen-bond acceptors (Lipinski definition) is 3. The molecule has 3 nitrogen and oxygen atoms in total. The molecule has 1 N–H and O–H groups in total. The lowest BCUT2D eigenvalue weighted by Crippen LogP contribution is -2.23. The van der Waals surface area contributed by atoms with Gasteiger partial charge in [-0.15, -0.1) is 0 Å². The third-order valence-electron chi connectivity index (χ3n) is 2.51. The maximum Gasteiger partial charge on any atom is 0.0780 e. The van der Waals surface area contributed by atoms with Crippen LogP contribution in [0.15, 0.2) is 30.3 Å². The van der Waals surface area contributed by atoms with Crippen molar-refractivity contribution in [3.63, 3.8) is 0 Å². The zero-order chi connectivity index (χ0) is 12.5. The van der Waals surface area contributed by atoms with Crippen LogP contribution in [0, 0.1) is 0 Å². The van der Waals surface area contributed by atoms with Gasteiger partial charge in [0.05, 0.1) is 32.0 Å². The van der Waals surface area contributed by atoms with Crippen LogP contribution in [0.1, 0.15) is 19.4 Å². The minimum Gasteiger partial charge on any atom is -0.394 e. The minimum atomic E-state index is -0.116. The van der Waals surface area contributed by atoms with Crippen LogP contribution in [-0.4, -0.2) is 37.1 Å². The van der Waals surface area contributed by atoms with Gasteiger partial charge >= 0.3 is 0 Å². The van der Waals surface area contributed by atoms with Gasteiger partial charge in [0.15, 0.2) is 0 Å². The minimum absolute atomic E-state index is 0.0523.